The Morgan fingerprint density at radius 2 is 1.53 bits per heavy atom. The molecule has 0 aliphatic carbocycles. The average Bonchev–Trinajstić information content (AvgIpc) is 2.87. The number of phenols is 1. The van der Waals surface area contributed by atoms with Gasteiger partial charge in [-0.25, -0.2) is 8.42 Å². The van der Waals surface area contributed by atoms with Crippen molar-refractivity contribution < 1.29 is 37.4 Å². The van der Waals surface area contributed by atoms with E-state index in [0.29, 0.717) is 28.4 Å². The van der Waals surface area contributed by atoms with E-state index in [9.17, 15) is 23.6 Å². The summed E-state index contributed by atoms with van der Waals surface area (Å²) < 4.78 is 49.8. The van der Waals surface area contributed by atoms with Crippen molar-refractivity contribution in [1.82, 2.24) is 0 Å². The van der Waals surface area contributed by atoms with Crippen LogP contribution in [0.15, 0.2) is 53.4 Å². The molecule has 0 bridgehead atoms. The summed E-state index contributed by atoms with van der Waals surface area (Å²) in [5, 5.41) is 21.4. The molecule has 0 saturated heterocycles. The fraction of sp³-hybridized carbons (Fsp3) is 0.167. The lowest BCUT2D eigenvalue weighted by molar-refractivity contribution is -0.385. The largest absolute Gasteiger partial charge is 0.504 e. The average molecular weight is 517 g/mol. The standard InChI is InChI=1S/C24H24N2O9S/c1-32-20-12-15(13-21(33-2)24(20)35-4)8-9-16-10-11-19(27)23(34-3)22(16)25-36(30,31)18-7-5-6-17(14-18)26(28)29/h5-14,25,27H,1-4H3. The molecule has 190 valence electrons. The Bertz CT molecular complexity index is 1390. The van der Waals surface area contributed by atoms with Crippen LogP contribution in [-0.2, 0) is 10.0 Å². The predicted molar refractivity (Wildman–Crippen MR) is 134 cm³/mol. The van der Waals surface area contributed by atoms with Crippen LogP contribution in [0.1, 0.15) is 11.1 Å². The highest BCUT2D eigenvalue weighted by molar-refractivity contribution is 7.92. The van der Waals surface area contributed by atoms with Crippen molar-refractivity contribution >= 4 is 33.6 Å². The molecule has 0 heterocycles. The lowest BCUT2D eigenvalue weighted by Crippen LogP contribution is -2.15. The van der Waals surface area contributed by atoms with Crippen LogP contribution in [0.5, 0.6) is 28.7 Å². The van der Waals surface area contributed by atoms with Crippen molar-refractivity contribution in [1.29, 1.82) is 0 Å². The van der Waals surface area contributed by atoms with Crippen molar-refractivity contribution in [3.05, 3.63) is 69.8 Å². The molecule has 0 aromatic heterocycles. The van der Waals surface area contributed by atoms with Gasteiger partial charge >= 0.3 is 0 Å². The smallest absolute Gasteiger partial charge is 0.270 e. The van der Waals surface area contributed by atoms with Gasteiger partial charge in [0, 0.05) is 17.7 Å². The van der Waals surface area contributed by atoms with E-state index in [1.165, 1.54) is 58.8 Å². The highest BCUT2D eigenvalue weighted by Crippen LogP contribution is 2.41. The Morgan fingerprint density at radius 1 is 0.889 bits per heavy atom. The van der Waals surface area contributed by atoms with E-state index in [0.717, 1.165) is 6.07 Å². The summed E-state index contributed by atoms with van der Waals surface area (Å²) in [6.45, 7) is 0. The number of nitro benzene ring substituents is 1. The van der Waals surface area contributed by atoms with Gasteiger partial charge in [0.05, 0.1) is 38.3 Å². The zero-order valence-corrected chi connectivity index (χ0v) is 20.7. The Balaban J connectivity index is 2.08. The molecule has 0 amide bonds. The summed E-state index contributed by atoms with van der Waals surface area (Å²) in [4.78, 5) is 10.1. The van der Waals surface area contributed by atoms with Gasteiger partial charge in [0.1, 0.15) is 5.69 Å². The molecule has 11 nitrogen and oxygen atoms in total. The fourth-order valence-corrected chi connectivity index (χ4v) is 4.51. The number of ether oxygens (including phenoxy) is 4. The molecular formula is C24H24N2O9S. The molecule has 0 fully saturated rings. The topological polar surface area (TPSA) is 146 Å². The number of nitrogens with zero attached hydrogens (tertiary/aromatic N) is 1. The molecule has 0 radical (unpaired) electrons. The summed E-state index contributed by atoms with van der Waals surface area (Å²) in [5.41, 5.74) is 0.535. The minimum absolute atomic E-state index is 0.0623. The second kappa shape index (κ2) is 10.9. The number of aromatic hydroxyl groups is 1. The molecule has 3 aromatic rings. The van der Waals surface area contributed by atoms with Crippen LogP contribution in [0.2, 0.25) is 0 Å². The van der Waals surface area contributed by atoms with Gasteiger partial charge in [0.2, 0.25) is 5.75 Å². The van der Waals surface area contributed by atoms with Crippen molar-refractivity contribution in [3.8, 4) is 28.7 Å². The number of anilines is 1. The summed E-state index contributed by atoms with van der Waals surface area (Å²) in [6.07, 6.45) is 3.26. The zero-order valence-electron chi connectivity index (χ0n) is 19.8. The van der Waals surface area contributed by atoms with Gasteiger partial charge < -0.3 is 24.1 Å². The van der Waals surface area contributed by atoms with Crippen LogP contribution in [0, 0.1) is 10.1 Å². The molecule has 0 aliphatic heterocycles. The number of nitro groups is 1. The minimum Gasteiger partial charge on any atom is -0.504 e. The van der Waals surface area contributed by atoms with Crippen molar-refractivity contribution in [2.75, 3.05) is 33.2 Å². The van der Waals surface area contributed by atoms with Crippen molar-refractivity contribution in [3.63, 3.8) is 0 Å². The maximum Gasteiger partial charge on any atom is 0.270 e. The van der Waals surface area contributed by atoms with E-state index in [-0.39, 0.29) is 27.8 Å². The van der Waals surface area contributed by atoms with Crippen LogP contribution in [-0.4, -0.2) is 46.9 Å². The molecule has 3 aromatic carbocycles. The molecule has 3 rings (SSSR count). The van der Waals surface area contributed by atoms with E-state index in [4.69, 9.17) is 18.9 Å². The number of hydrogen-bond acceptors (Lipinski definition) is 9. The third-order valence-electron chi connectivity index (χ3n) is 5.09. The third kappa shape index (κ3) is 5.44. The lowest BCUT2D eigenvalue weighted by Gasteiger charge is -2.16. The van der Waals surface area contributed by atoms with Gasteiger partial charge in [-0.2, -0.15) is 0 Å². The molecule has 2 N–H and O–H groups in total. The zero-order chi connectivity index (χ0) is 26.5. The second-order valence-corrected chi connectivity index (χ2v) is 8.92. The maximum absolute atomic E-state index is 13.1. The SMILES string of the molecule is COc1cc(C=Cc2ccc(O)c(OC)c2NS(=O)(=O)c2cccc([N+](=O)[O-])c2)cc(OC)c1OC. The molecule has 0 unspecified atom stereocenters. The van der Waals surface area contributed by atoms with Crippen LogP contribution in [0.25, 0.3) is 12.2 Å². The monoisotopic (exact) mass is 516 g/mol. The molecule has 0 saturated carbocycles. The number of hydrogen-bond donors (Lipinski definition) is 2. The molecular weight excluding hydrogens is 492 g/mol. The minimum atomic E-state index is -4.29. The van der Waals surface area contributed by atoms with E-state index in [1.54, 1.807) is 24.3 Å². The molecule has 12 heteroatoms. The van der Waals surface area contributed by atoms with Gasteiger partial charge in [-0.05, 0) is 35.9 Å². The van der Waals surface area contributed by atoms with Gasteiger partial charge in [-0.1, -0.05) is 18.2 Å². The van der Waals surface area contributed by atoms with Crippen molar-refractivity contribution in [2.24, 2.45) is 0 Å². The first-order valence-corrected chi connectivity index (χ1v) is 11.8. The number of methoxy groups -OCH3 is 4. The summed E-state index contributed by atoms with van der Waals surface area (Å²) in [6, 6.07) is 10.8. The number of non-ortho nitro benzene ring substituents is 1. The number of benzene rings is 3. The molecule has 36 heavy (non-hydrogen) atoms. The quantitative estimate of drug-likeness (QED) is 0.229. The molecule has 0 spiro atoms. The van der Waals surface area contributed by atoms with E-state index in [1.807, 2.05) is 0 Å². The van der Waals surface area contributed by atoms with E-state index >= 15 is 0 Å². The summed E-state index contributed by atoms with van der Waals surface area (Å²) in [5.74, 6) is 0.821. The van der Waals surface area contributed by atoms with Crippen LogP contribution in [0.3, 0.4) is 0 Å². The fourth-order valence-electron chi connectivity index (χ4n) is 3.38. The Hall–Kier alpha value is -4.45. The first kappa shape index (κ1) is 26.2. The Kier molecular flexibility index (Phi) is 7.90. The third-order valence-corrected chi connectivity index (χ3v) is 6.44. The number of sulfonamides is 1. The molecule has 0 atom stereocenters. The van der Waals surface area contributed by atoms with Crippen molar-refractivity contribution in [2.45, 2.75) is 4.90 Å². The Labute approximate surface area is 207 Å². The first-order valence-electron chi connectivity index (χ1n) is 10.3. The summed E-state index contributed by atoms with van der Waals surface area (Å²) >= 11 is 0. The van der Waals surface area contributed by atoms with Crippen LogP contribution in [0.4, 0.5) is 11.4 Å². The highest BCUT2D eigenvalue weighted by atomic mass is 32.2. The number of phenolic OH excluding ortho intramolecular Hbond substituents is 1. The lowest BCUT2D eigenvalue weighted by atomic mass is 10.1. The predicted octanol–water partition coefficient (Wildman–Crippen LogP) is 4.31. The Morgan fingerprint density at radius 3 is 2.08 bits per heavy atom. The van der Waals surface area contributed by atoms with Crippen LogP contribution < -0.4 is 23.7 Å². The number of rotatable bonds is 10. The highest BCUT2D eigenvalue weighted by Gasteiger charge is 2.22. The van der Waals surface area contributed by atoms with Gasteiger partial charge in [-0.15, -0.1) is 0 Å². The van der Waals surface area contributed by atoms with E-state index in [2.05, 4.69) is 4.72 Å². The molecule has 0 aliphatic rings. The second-order valence-electron chi connectivity index (χ2n) is 7.23. The van der Waals surface area contributed by atoms with Gasteiger partial charge in [0.15, 0.2) is 23.0 Å². The normalized spacial score (nSPS) is 11.2. The van der Waals surface area contributed by atoms with Crippen LogP contribution >= 0.6 is 0 Å². The maximum atomic E-state index is 13.1. The van der Waals surface area contributed by atoms with E-state index < -0.39 is 14.9 Å². The number of nitrogens with one attached hydrogen (secondary N) is 1. The summed E-state index contributed by atoms with van der Waals surface area (Å²) in [7, 11) is 1.43. The van der Waals surface area contributed by atoms with Gasteiger partial charge in [0.25, 0.3) is 15.7 Å². The van der Waals surface area contributed by atoms with Gasteiger partial charge in [-0.3, -0.25) is 14.8 Å². The first-order chi connectivity index (χ1) is 17.1.